The number of pyridine rings is 1. The van der Waals surface area contributed by atoms with Crippen molar-refractivity contribution in [3.63, 3.8) is 0 Å². The van der Waals surface area contributed by atoms with Crippen molar-refractivity contribution < 1.29 is 32.2 Å². The van der Waals surface area contributed by atoms with Crippen molar-refractivity contribution in [2.24, 2.45) is 0 Å². The fourth-order valence-corrected chi connectivity index (χ4v) is 3.75. The Labute approximate surface area is 213 Å². The second-order valence-corrected chi connectivity index (χ2v) is 8.68. The van der Waals surface area contributed by atoms with Crippen LogP contribution < -0.4 is 10.1 Å². The molecular weight excluding hydrogens is 497 g/mol. The summed E-state index contributed by atoms with van der Waals surface area (Å²) in [5.74, 6) is -1.09. The first-order valence-electron chi connectivity index (χ1n) is 11.6. The molecule has 1 aliphatic rings. The van der Waals surface area contributed by atoms with Gasteiger partial charge in [-0.1, -0.05) is 32.6 Å². The Hall–Kier alpha value is -2.83. The molecule has 1 aliphatic heterocycles. The number of hydrogen-bond donors (Lipinski definition) is 2. The van der Waals surface area contributed by atoms with Crippen LogP contribution in [0.1, 0.15) is 47.7 Å². The number of unbranched alkanes of at least 4 members (excludes halogenated alkanes) is 2. The third-order valence-corrected chi connectivity index (χ3v) is 5.84. The number of anilines is 1. The predicted molar refractivity (Wildman–Crippen MR) is 131 cm³/mol. The lowest BCUT2D eigenvalue weighted by Crippen LogP contribution is -2.36. The van der Waals surface area contributed by atoms with Gasteiger partial charge in [-0.3, -0.25) is 14.7 Å². The molecule has 0 radical (unpaired) electrons. The number of aromatic nitrogens is 1. The maximum atomic E-state index is 13.6. The van der Waals surface area contributed by atoms with Gasteiger partial charge in [0, 0.05) is 37.7 Å². The van der Waals surface area contributed by atoms with Crippen LogP contribution in [-0.2, 0) is 17.5 Å². The molecule has 8 nitrogen and oxygen atoms in total. The first-order chi connectivity index (χ1) is 17.2. The molecule has 3 rings (SSSR count). The highest BCUT2D eigenvalue weighted by Gasteiger charge is 2.35. The van der Waals surface area contributed by atoms with Crippen LogP contribution in [0.2, 0.25) is 0 Å². The summed E-state index contributed by atoms with van der Waals surface area (Å²) < 4.78 is 51.8. The van der Waals surface area contributed by atoms with E-state index in [-0.39, 0.29) is 23.6 Å². The van der Waals surface area contributed by atoms with E-state index in [9.17, 15) is 22.8 Å². The van der Waals surface area contributed by atoms with Crippen LogP contribution in [0.3, 0.4) is 0 Å². The summed E-state index contributed by atoms with van der Waals surface area (Å²) >= 11 is 3.97. The summed E-state index contributed by atoms with van der Waals surface area (Å²) in [4.78, 5) is 31.6. The van der Waals surface area contributed by atoms with Crippen molar-refractivity contribution in [3.05, 3.63) is 53.3 Å². The van der Waals surface area contributed by atoms with Gasteiger partial charge in [-0.2, -0.15) is 13.2 Å². The standard InChI is InChI=1S/C24H29F3N4O4S/c1-2-3-4-9-35-21-6-5-19(13-20(21)24(25,26)27)29-23(33)31(36)22(32)18-12-17(14-28-15-18)16-30-7-10-34-11-8-30/h5-6,12-15,36H,2-4,7-11,16H2,1H3,(H,29,33). The van der Waals surface area contributed by atoms with Gasteiger partial charge in [0.05, 0.1) is 30.9 Å². The Balaban J connectivity index is 1.66. The van der Waals surface area contributed by atoms with E-state index >= 15 is 0 Å². The third-order valence-electron chi connectivity index (χ3n) is 5.48. The highest BCUT2D eigenvalue weighted by Crippen LogP contribution is 2.38. The van der Waals surface area contributed by atoms with E-state index in [2.05, 4.69) is 28.0 Å². The SMILES string of the molecule is CCCCCOc1ccc(NC(=O)N(S)C(=O)c2cncc(CN3CCOCC3)c2)cc1C(F)(F)F. The molecule has 1 fully saturated rings. The average molecular weight is 527 g/mol. The average Bonchev–Trinajstić information content (AvgIpc) is 2.86. The molecular formula is C24H29F3N4O4S. The molecule has 0 bridgehead atoms. The molecule has 1 N–H and O–H groups in total. The maximum absolute atomic E-state index is 13.6. The largest absolute Gasteiger partial charge is 0.493 e. The highest BCUT2D eigenvalue weighted by atomic mass is 32.1. The van der Waals surface area contributed by atoms with E-state index in [4.69, 9.17) is 9.47 Å². The van der Waals surface area contributed by atoms with Crippen molar-refractivity contribution in [1.29, 1.82) is 0 Å². The molecule has 2 aromatic rings. The number of carbonyl (C=O) groups excluding carboxylic acids is 2. The zero-order chi connectivity index (χ0) is 26.1. The molecule has 0 aliphatic carbocycles. The molecule has 196 valence electrons. The van der Waals surface area contributed by atoms with Gasteiger partial charge in [0.25, 0.3) is 5.91 Å². The number of urea groups is 1. The van der Waals surface area contributed by atoms with E-state index in [1.807, 2.05) is 6.92 Å². The van der Waals surface area contributed by atoms with Crippen LogP contribution in [0.25, 0.3) is 0 Å². The fraction of sp³-hybridized carbons (Fsp3) is 0.458. The zero-order valence-electron chi connectivity index (χ0n) is 19.9. The van der Waals surface area contributed by atoms with Gasteiger partial charge in [-0.05, 0) is 36.2 Å². The summed E-state index contributed by atoms with van der Waals surface area (Å²) in [6, 6.07) is 3.79. The van der Waals surface area contributed by atoms with Crippen LogP contribution in [0, 0.1) is 0 Å². The van der Waals surface area contributed by atoms with Crippen LogP contribution >= 0.6 is 12.8 Å². The monoisotopic (exact) mass is 526 g/mol. The Morgan fingerprint density at radius 3 is 2.64 bits per heavy atom. The van der Waals surface area contributed by atoms with Crippen molar-refractivity contribution in [2.45, 2.75) is 38.9 Å². The second-order valence-electron chi connectivity index (χ2n) is 8.28. The number of hydrogen-bond acceptors (Lipinski definition) is 7. The lowest BCUT2D eigenvalue weighted by molar-refractivity contribution is -0.138. The fourth-order valence-electron chi connectivity index (χ4n) is 3.59. The second kappa shape index (κ2) is 12.9. The number of benzene rings is 1. The van der Waals surface area contributed by atoms with Crippen molar-refractivity contribution >= 4 is 30.4 Å². The molecule has 0 spiro atoms. The lowest BCUT2D eigenvalue weighted by atomic mass is 10.1. The first-order valence-corrected chi connectivity index (χ1v) is 12.0. The number of halogens is 3. The van der Waals surface area contributed by atoms with Crippen molar-refractivity contribution in [3.8, 4) is 5.75 Å². The third kappa shape index (κ3) is 7.84. The van der Waals surface area contributed by atoms with Crippen LogP contribution in [0.15, 0.2) is 36.7 Å². The number of carbonyl (C=O) groups is 2. The molecule has 0 unspecified atom stereocenters. The summed E-state index contributed by atoms with van der Waals surface area (Å²) in [5.41, 5.74) is -0.278. The van der Waals surface area contributed by atoms with Gasteiger partial charge in [-0.15, -0.1) is 0 Å². The van der Waals surface area contributed by atoms with E-state index in [1.165, 1.54) is 12.3 Å². The van der Waals surface area contributed by atoms with Gasteiger partial charge in [-0.25, -0.2) is 9.10 Å². The number of amides is 3. The normalized spacial score (nSPS) is 14.4. The minimum absolute atomic E-state index is 0.123. The highest BCUT2D eigenvalue weighted by molar-refractivity contribution is 7.79. The van der Waals surface area contributed by atoms with Gasteiger partial charge >= 0.3 is 12.2 Å². The minimum Gasteiger partial charge on any atom is -0.493 e. The molecule has 1 aromatic heterocycles. The number of ether oxygens (including phenoxy) is 2. The van der Waals surface area contributed by atoms with Crippen molar-refractivity contribution in [1.82, 2.24) is 14.2 Å². The number of morpholine rings is 1. The minimum atomic E-state index is -4.69. The Morgan fingerprint density at radius 1 is 1.19 bits per heavy atom. The molecule has 2 heterocycles. The Bertz CT molecular complexity index is 1050. The number of imide groups is 1. The van der Waals surface area contributed by atoms with Gasteiger partial charge in [0.15, 0.2) is 0 Å². The quantitative estimate of drug-likeness (QED) is 0.353. The molecule has 0 atom stereocenters. The smallest absolute Gasteiger partial charge is 0.420 e. The molecule has 3 amide bonds. The Morgan fingerprint density at radius 2 is 1.94 bits per heavy atom. The van der Waals surface area contributed by atoms with Crippen molar-refractivity contribution in [2.75, 3.05) is 38.2 Å². The van der Waals surface area contributed by atoms with E-state index < -0.39 is 23.7 Å². The first kappa shape index (κ1) is 27.8. The predicted octanol–water partition coefficient (Wildman–Crippen LogP) is 5.02. The van der Waals surface area contributed by atoms with Crippen LogP contribution in [-0.4, -0.2) is 59.0 Å². The number of nitrogens with one attached hydrogen (secondary N) is 1. The number of alkyl halides is 3. The number of rotatable bonds is 9. The summed E-state index contributed by atoms with van der Waals surface area (Å²) in [6.07, 6.45) is 0.615. The molecule has 0 saturated carbocycles. The van der Waals surface area contributed by atoms with Gasteiger partial charge in [0.2, 0.25) is 0 Å². The molecule has 12 heteroatoms. The zero-order valence-corrected chi connectivity index (χ0v) is 20.8. The van der Waals surface area contributed by atoms with Gasteiger partial charge < -0.3 is 14.8 Å². The molecule has 1 saturated heterocycles. The molecule has 36 heavy (non-hydrogen) atoms. The molecule has 1 aromatic carbocycles. The number of nitrogens with zero attached hydrogens (tertiary/aromatic N) is 3. The summed E-state index contributed by atoms with van der Waals surface area (Å²) in [5, 5.41) is 2.28. The Kier molecular flexibility index (Phi) is 9.97. The topological polar surface area (TPSA) is 84.0 Å². The number of thiol groups is 1. The van der Waals surface area contributed by atoms with Crippen LogP contribution in [0.4, 0.5) is 23.7 Å². The maximum Gasteiger partial charge on any atom is 0.420 e. The van der Waals surface area contributed by atoms with E-state index in [0.717, 1.165) is 43.6 Å². The van der Waals surface area contributed by atoms with E-state index in [1.54, 1.807) is 12.3 Å². The van der Waals surface area contributed by atoms with Crippen LogP contribution in [0.5, 0.6) is 5.75 Å². The lowest BCUT2D eigenvalue weighted by Gasteiger charge is -2.26. The van der Waals surface area contributed by atoms with Gasteiger partial charge in [0.1, 0.15) is 5.75 Å². The summed E-state index contributed by atoms with van der Waals surface area (Å²) in [7, 11) is 0. The van der Waals surface area contributed by atoms with E-state index in [0.29, 0.717) is 30.5 Å². The summed E-state index contributed by atoms with van der Waals surface area (Å²) in [6.45, 7) is 5.44.